The van der Waals surface area contributed by atoms with Crippen LogP contribution in [0.2, 0.25) is 5.02 Å². The van der Waals surface area contributed by atoms with Crippen molar-refractivity contribution in [1.29, 1.82) is 0 Å². The Kier molecular flexibility index (Phi) is 9.37. The molecule has 0 atom stereocenters. The maximum Gasteiger partial charge on any atom is 0.331 e. The highest BCUT2D eigenvalue weighted by Crippen LogP contribution is 2.47. The van der Waals surface area contributed by atoms with Gasteiger partial charge in [0, 0.05) is 62.0 Å². The van der Waals surface area contributed by atoms with Gasteiger partial charge in [0.2, 0.25) is 0 Å². The van der Waals surface area contributed by atoms with Crippen LogP contribution in [0, 0.1) is 0 Å². The van der Waals surface area contributed by atoms with Gasteiger partial charge in [-0.1, -0.05) is 11.6 Å². The number of fused-ring (bicyclic) bond motifs is 1. The van der Waals surface area contributed by atoms with E-state index < -0.39 is 7.60 Å². The smallest absolute Gasteiger partial charge is 0.331 e. The largest absolute Gasteiger partial charge is 0.496 e. The van der Waals surface area contributed by atoms with E-state index >= 15 is 0 Å². The summed E-state index contributed by atoms with van der Waals surface area (Å²) >= 11 is 6.38. The second-order valence-corrected chi connectivity index (χ2v) is 11.4. The molecular weight excluding hydrogens is 515 g/mol. The van der Waals surface area contributed by atoms with E-state index in [-0.39, 0.29) is 0 Å². The van der Waals surface area contributed by atoms with Gasteiger partial charge in [0.15, 0.2) is 0 Å². The number of rotatable bonds is 11. The Morgan fingerprint density at radius 1 is 1.00 bits per heavy atom. The van der Waals surface area contributed by atoms with E-state index in [1.807, 2.05) is 36.7 Å². The Hall–Kier alpha value is -2.29. The van der Waals surface area contributed by atoms with E-state index in [0.717, 1.165) is 55.2 Å². The van der Waals surface area contributed by atoms with Crippen molar-refractivity contribution in [1.82, 2.24) is 14.3 Å². The number of ether oxygens (including phenoxy) is 2. The summed E-state index contributed by atoms with van der Waals surface area (Å²) in [5.74, 6) is 1.21. The SMILES string of the molecule is CCOP(=O)(CCN1CCCN(c2ccn3cc(-c4cc(Cl)c(OC)cc4OC)nc3c2)CC1)OCC. The van der Waals surface area contributed by atoms with Gasteiger partial charge in [-0.25, -0.2) is 4.98 Å². The second-order valence-electron chi connectivity index (χ2n) is 8.82. The van der Waals surface area contributed by atoms with Crippen LogP contribution in [0.1, 0.15) is 20.3 Å². The molecule has 0 radical (unpaired) electrons. The van der Waals surface area contributed by atoms with E-state index in [4.69, 9.17) is 35.1 Å². The average Bonchev–Trinajstić information content (AvgIpc) is 3.17. The second kappa shape index (κ2) is 12.5. The predicted molar refractivity (Wildman–Crippen MR) is 148 cm³/mol. The van der Waals surface area contributed by atoms with Crippen molar-refractivity contribution in [2.24, 2.45) is 0 Å². The van der Waals surface area contributed by atoms with Crippen molar-refractivity contribution in [3.05, 3.63) is 41.7 Å². The van der Waals surface area contributed by atoms with Crippen molar-refractivity contribution in [2.75, 3.05) is 71.2 Å². The molecule has 0 saturated carbocycles. The Labute approximate surface area is 223 Å². The number of aromatic nitrogens is 2. The van der Waals surface area contributed by atoms with Gasteiger partial charge < -0.3 is 32.7 Å². The zero-order chi connectivity index (χ0) is 26.4. The summed E-state index contributed by atoms with van der Waals surface area (Å²) in [6, 6.07) is 7.82. The summed E-state index contributed by atoms with van der Waals surface area (Å²) in [4.78, 5) is 9.58. The van der Waals surface area contributed by atoms with Crippen molar-refractivity contribution in [3.63, 3.8) is 0 Å². The molecular formula is C26H36ClN4O5P. The van der Waals surface area contributed by atoms with Crippen LogP contribution in [0.25, 0.3) is 16.9 Å². The molecule has 2 aromatic heterocycles. The highest BCUT2D eigenvalue weighted by atomic mass is 35.5. The number of pyridine rings is 1. The highest BCUT2D eigenvalue weighted by molar-refractivity contribution is 7.53. The molecule has 0 spiro atoms. The Balaban J connectivity index is 1.47. The molecule has 4 rings (SSSR count). The fourth-order valence-corrected chi connectivity index (χ4v) is 6.52. The highest BCUT2D eigenvalue weighted by Gasteiger charge is 2.25. The lowest BCUT2D eigenvalue weighted by Crippen LogP contribution is -2.32. The molecule has 11 heteroatoms. The summed E-state index contributed by atoms with van der Waals surface area (Å²) in [5, 5.41) is 0.504. The van der Waals surface area contributed by atoms with Gasteiger partial charge >= 0.3 is 7.60 Å². The predicted octanol–water partition coefficient (Wildman–Crippen LogP) is 5.45. The van der Waals surface area contributed by atoms with Gasteiger partial charge in [0.05, 0.1) is 44.3 Å². The van der Waals surface area contributed by atoms with Gasteiger partial charge in [0.1, 0.15) is 17.1 Å². The molecule has 3 aromatic rings. The summed E-state index contributed by atoms with van der Waals surface area (Å²) in [5.41, 5.74) is 3.55. The Bertz CT molecular complexity index is 1240. The lowest BCUT2D eigenvalue weighted by Gasteiger charge is -2.25. The minimum absolute atomic E-state index is 0.390. The Morgan fingerprint density at radius 2 is 1.76 bits per heavy atom. The molecule has 37 heavy (non-hydrogen) atoms. The fraction of sp³-hybridized carbons (Fsp3) is 0.500. The lowest BCUT2D eigenvalue weighted by atomic mass is 10.1. The van der Waals surface area contributed by atoms with E-state index in [0.29, 0.717) is 42.4 Å². The summed E-state index contributed by atoms with van der Waals surface area (Å²) < 4.78 is 36.6. The Morgan fingerprint density at radius 3 is 2.46 bits per heavy atom. The van der Waals surface area contributed by atoms with Crippen molar-refractivity contribution in [2.45, 2.75) is 20.3 Å². The maximum absolute atomic E-state index is 12.8. The first kappa shape index (κ1) is 27.7. The molecule has 1 aliphatic heterocycles. The molecule has 0 amide bonds. The number of imidazole rings is 1. The van der Waals surface area contributed by atoms with Crippen molar-refractivity contribution >= 4 is 30.5 Å². The summed E-state index contributed by atoms with van der Waals surface area (Å²) in [7, 11) is 0.170. The van der Waals surface area contributed by atoms with Crippen LogP contribution in [0.4, 0.5) is 5.69 Å². The van der Waals surface area contributed by atoms with Crippen molar-refractivity contribution < 1.29 is 23.1 Å². The van der Waals surface area contributed by atoms with Crippen LogP contribution in [-0.4, -0.2) is 80.6 Å². The quantitative estimate of drug-likeness (QED) is 0.292. The molecule has 1 saturated heterocycles. The van der Waals surface area contributed by atoms with Crippen molar-refractivity contribution in [3.8, 4) is 22.8 Å². The third-order valence-electron chi connectivity index (χ3n) is 6.49. The molecule has 1 aromatic carbocycles. The van der Waals surface area contributed by atoms with E-state index in [1.54, 1.807) is 20.3 Å². The van der Waals surface area contributed by atoms with E-state index in [9.17, 15) is 4.57 Å². The minimum Gasteiger partial charge on any atom is -0.496 e. The summed E-state index contributed by atoms with van der Waals surface area (Å²) in [6.45, 7) is 8.81. The molecule has 0 N–H and O–H groups in total. The van der Waals surface area contributed by atoms with E-state index in [2.05, 4.69) is 21.9 Å². The van der Waals surface area contributed by atoms with Crippen LogP contribution in [-0.2, 0) is 13.6 Å². The summed E-state index contributed by atoms with van der Waals surface area (Å²) in [6.07, 6.45) is 5.43. The van der Waals surface area contributed by atoms with Gasteiger partial charge in [-0.3, -0.25) is 4.57 Å². The first-order valence-electron chi connectivity index (χ1n) is 12.7. The number of nitrogens with zero attached hydrogens (tertiary/aromatic N) is 4. The topological polar surface area (TPSA) is 77.8 Å². The number of anilines is 1. The zero-order valence-electron chi connectivity index (χ0n) is 22.0. The molecule has 3 heterocycles. The molecule has 1 aliphatic rings. The third kappa shape index (κ3) is 6.59. The lowest BCUT2D eigenvalue weighted by molar-refractivity contribution is 0.213. The normalized spacial score (nSPS) is 15.2. The average molecular weight is 551 g/mol. The molecule has 1 fully saturated rings. The van der Waals surface area contributed by atoms with E-state index in [1.165, 1.54) is 0 Å². The van der Waals surface area contributed by atoms with Gasteiger partial charge in [-0.2, -0.15) is 0 Å². The first-order valence-corrected chi connectivity index (χ1v) is 14.8. The van der Waals surface area contributed by atoms with Gasteiger partial charge in [0.25, 0.3) is 0 Å². The number of hydrogen-bond acceptors (Lipinski definition) is 8. The van der Waals surface area contributed by atoms with Gasteiger partial charge in [-0.05, 0) is 38.9 Å². The molecule has 9 nitrogen and oxygen atoms in total. The molecule has 202 valence electrons. The third-order valence-corrected chi connectivity index (χ3v) is 8.84. The first-order chi connectivity index (χ1) is 17.9. The number of halogens is 1. The molecule has 0 unspecified atom stereocenters. The molecule has 0 aliphatic carbocycles. The van der Waals surface area contributed by atoms with Crippen LogP contribution in [0.3, 0.4) is 0 Å². The number of benzene rings is 1. The monoisotopic (exact) mass is 550 g/mol. The van der Waals surface area contributed by atoms with Crippen LogP contribution >= 0.6 is 19.2 Å². The van der Waals surface area contributed by atoms with Crippen LogP contribution in [0.15, 0.2) is 36.7 Å². The fourth-order valence-electron chi connectivity index (χ4n) is 4.63. The van der Waals surface area contributed by atoms with Gasteiger partial charge in [-0.15, -0.1) is 0 Å². The van der Waals surface area contributed by atoms with Crippen LogP contribution in [0.5, 0.6) is 11.5 Å². The van der Waals surface area contributed by atoms with Crippen LogP contribution < -0.4 is 14.4 Å². The number of hydrogen-bond donors (Lipinski definition) is 0. The molecule has 0 bridgehead atoms. The minimum atomic E-state index is -3.03. The standard InChI is InChI=1S/C26H36ClN4O5P/c1-5-35-37(32,36-6-2)15-14-29-9-7-10-30(13-12-29)20-8-11-31-19-23(28-26(31)16-20)21-17-22(27)25(34-4)18-24(21)33-3/h8,11,16-19H,5-7,9-10,12-15H2,1-4H3. The number of methoxy groups -OCH3 is 2. The zero-order valence-corrected chi connectivity index (χ0v) is 23.6. The maximum atomic E-state index is 12.8.